The molecule has 1 aromatic rings. The fraction of sp³-hybridized carbons (Fsp3) is 0.636. The van der Waals surface area contributed by atoms with E-state index in [1.54, 1.807) is 0 Å². The number of hydrogen-bond acceptors (Lipinski definition) is 4. The van der Waals surface area contributed by atoms with Crippen molar-refractivity contribution in [2.75, 3.05) is 29.5 Å². The summed E-state index contributed by atoms with van der Waals surface area (Å²) < 4.78 is 0.928. The van der Waals surface area contributed by atoms with Gasteiger partial charge in [-0.15, -0.1) is 0 Å². The van der Waals surface area contributed by atoms with E-state index < -0.39 is 0 Å². The van der Waals surface area contributed by atoms with Crippen LogP contribution in [0.4, 0.5) is 5.82 Å². The highest BCUT2D eigenvalue weighted by Gasteiger charge is 2.27. The van der Waals surface area contributed by atoms with Gasteiger partial charge in [0.2, 0.25) is 0 Å². The second-order valence-electron chi connectivity index (χ2n) is 4.28. The third-order valence-corrected chi connectivity index (χ3v) is 4.32. The van der Waals surface area contributed by atoms with E-state index in [-0.39, 0.29) is 0 Å². The normalized spacial score (nSPS) is 21.2. The van der Waals surface area contributed by atoms with Crippen molar-refractivity contribution in [3.8, 4) is 0 Å². The van der Waals surface area contributed by atoms with Crippen LogP contribution in [0, 0.1) is 0 Å². The predicted octanol–water partition coefficient (Wildman–Crippen LogP) is 2.67. The van der Waals surface area contributed by atoms with Gasteiger partial charge in [0, 0.05) is 36.6 Å². The van der Waals surface area contributed by atoms with Gasteiger partial charge in [0.15, 0.2) is 0 Å². The molecule has 0 N–H and O–H groups in total. The quantitative estimate of drug-likeness (QED) is 0.785. The Morgan fingerprint density at radius 3 is 2.69 bits per heavy atom. The fourth-order valence-electron chi connectivity index (χ4n) is 1.90. The van der Waals surface area contributed by atoms with Crippen LogP contribution >= 0.6 is 27.7 Å². The standard InChI is InChI=1S/C11H14BrN3S/c12-9-7-10(15-3-5-16-6-4-15)14-11(13-9)8-1-2-8/h7-8H,1-6H2. The molecular formula is C11H14BrN3S. The lowest BCUT2D eigenvalue weighted by molar-refractivity contribution is 0.812. The number of hydrogen-bond donors (Lipinski definition) is 0. The maximum absolute atomic E-state index is 4.69. The number of aromatic nitrogens is 2. The van der Waals surface area contributed by atoms with Gasteiger partial charge in [0.05, 0.1) is 0 Å². The lowest BCUT2D eigenvalue weighted by Crippen LogP contribution is -2.33. The van der Waals surface area contributed by atoms with Crippen LogP contribution in [0.1, 0.15) is 24.6 Å². The van der Waals surface area contributed by atoms with E-state index in [0.717, 1.165) is 29.3 Å². The fourth-order valence-corrected chi connectivity index (χ4v) is 3.19. The molecule has 1 aromatic heterocycles. The Bertz CT molecular complexity index is 389. The Hall–Kier alpha value is -0.290. The molecule has 2 aliphatic rings. The Morgan fingerprint density at radius 1 is 1.25 bits per heavy atom. The van der Waals surface area contributed by atoms with Crippen molar-refractivity contribution in [2.45, 2.75) is 18.8 Å². The average molecular weight is 300 g/mol. The molecule has 0 aromatic carbocycles. The summed E-state index contributed by atoms with van der Waals surface area (Å²) in [7, 11) is 0. The van der Waals surface area contributed by atoms with Crippen LogP contribution in [0.2, 0.25) is 0 Å². The minimum absolute atomic E-state index is 0.621. The zero-order valence-electron chi connectivity index (χ0n) is 9.03. The van der Waals surface area contributed by atoms with Crippen molar-refractivity contribution in [3.63, 3.8) is 0 Å². The Balaban J connectivity index is 1.86. The number of nitrogens with zero attached hydrogens (tertiary/aromatic N) is 3. The Labute approximate surface area is 108 Å². The number of thioether (sulfide) groups is 1. The second kappa shape index (κ2) is 4.53. The monoisotopic (exact) mass is 299 g/mol. The molecule has 0 bridgehead atoms. The van der Waals surface area contributed by atoms with E-state index in [2.05, 4.69) is 25.8 Å². The van der Waals surface area contributed by atoms with Crippen LogP contribution in [0.25, 0.3) is 0 Å². The summed E-state index contributed by atoms with van der Waals surface area (Å²) in [5, 5.41) is 0. The highest BCUT2D eigenvalue weighted by molar-refractivity contribution is 9.10. The van der Waals surface area contributed by atoms with Crippen LogP contribution in [0.5, 0.6) is 0 Å². The number of rotatable bonds is 2. The van der Waals surface area contributed by atoms with Crippen molar-refractivity contribution in [1.29, 1.82) is 0 Å². The van der Waals surface area contributed by atoms with E-state index in [1.165, 1.54) is 24.3 Å². The van der Waals surface area contributed by atoms with E-state index in [4.69, 9.17) is 4.98 Å². The van der Waals surface area contributed by atoms with Crippen LogP contribution in [-0.2, 0) is 0 Å². The molecule has 5 heteroatoms. The zero-order valence-corrected chi connectivity index (χ0v) is 11.4. The molecule has 1 saturated heterocycles. The SMILES string of the molecule is Brc1cc(N2CCSCC2)nc(C2CC2)n1. The molecule has 0 amide bonds. The average Bonchev–Trinajstić information content (AvgIpc) is 3.13. The first-order valence-electron chi connectivity index (χ1n) is 5.70. The summed E-state index contributed by atoms with van der Waals surface area (Å²) in [5.41, 5.74) is 0. The molecule has 0 spiro atoms. The first kappa shape index (κ1) is 10.8. The molecule has 2 heterocycles. The molecular weight excluding hydrogens is 286 g/mol. The molecule has 0 atom stereocenters. The van der Waals surface area contributed by atoms with E-state index in [9.17, 15) is 0 Å². The van der Waals surface area contributed by atoms with E-state index in [1.807, 2.05) is 17.8 Å². The van der Waals surface area contributed by atoms with Crippen molar-refractivity contribution < 1.29 is 0 Å². The summed E-state index contributed by atoms with van der Waals surface area (Å²) >= 11 is 5.52. The molecule has 86 valence electrons. The largest absolute Gasteiger partial charge is 0.355 e. The van der Waals surface area contributed by atoms with Crippen molar-refractivity contribution >= 4 is 33.5 Å². The van der Waals surface area contributed by atoms with Crippen molar-refractivity contribution in [3.05, 3.63) is 16.5 Å². The van der Waals surface area contributed by atoms with E-state index >= 15 is 0 Å². The topological polar surface area (TPSA) is 29.0 Å². The number of halogens is 1. The van der Waals surface area contributed by atoms with Gasteiger partial charge in [-0.3, -0.25) is 0 Å². The Kier molecular flexibility index (Phi) is 3.07. The van der Waals surface area contributed by atoms with Crippen LogP contribution in [0.3, 0.4) is 0 Å². The lowest BCUT2D eigenvalue weighted by atomic mass is 10.3. The van der Waals surface area contributed by atoms with Crippen molar-refractivity contribution in [2.24, 2.45) is 0 Å². The second-order valence-corrected chi connectivity index (χ2v) is 6.32. The van der Waals surface area contributed by atoms with E-state index in [0.29, 0.717) is 5.92 Å². The van der Waals surface area contributed by atoms with Gasteiger partial charge in [-0.05, 0) is 28.8 Å². The summed E-state index contributed by atoms with van der Waals surface area (Å²) in [6.07, 6.45) is 2.51. The molecule has 1 aliphatic heterocycles. The molecule has 16 heavy (non-hydrogen) atoms. The molecule has 1 saturated carbocycles. The highest BCUT2D eigenvalue weighted by Crippen LogP contribution is 2.39. The summed E-state index contributed by atoms with van der Waals surface area (Å²) in [5.74, 6) is 5.17. The minimum atomic E-state index is 0.621. The molecule has 3 rings (SSSR count). The molecule has 3 nitrogen and oxygen atoms in total. The minimum Gasteiger partial charge on any atom is -0.355 e. The third-order valence-electron chi connectivity index (χ3n) is 2.98. The highest BCUT2D eigenvalue weighted by atomic mass is 79.9. The smallest absolute Gasteiger partial charge is 0.135 e. The van der Waals surface area contributed by atoms with Gasteiger partial charge in [-0.2, -0.15) is 11.8 Å². The Morgan fingerprint density at radius 2 is 2.00 bits per heavy atom. The summed E-state index contributed by atoms with van der Waals surface area (Å²) in [6, 6.07) is 2.04. The van der Waals surface area contributed by atoms with Gasteiger partial charge < -0.3 is 4.90 Å². The number of anilines is 1. The van der Waals surface area contributed by atoms with Crippen LogP contribution < -0.4 is 4.90 Å². The molecule has 2 fully saturated rings. The van der Waals surface area contributed by atoms with Crippen LogP contribution in [0.15, 0.2) is 10.7 Å². The molecule has 0 radical (unpaired) electrons. The van der Waals surface area contributed by atoms with Gasteiger partial charge in [-0.1, -0.05) is 0 Å². The van der Waals surface area contributed by atoms with Gasteiger partial charge >= 0.3 is 0 Å². The van der Waals surface area contributed by atoms with Crippen molar-refractivity contribution in [1.82, 2.24) is 9.97 Å². The third kappa shape index (κ3) is 2.35. The zero-order chi connectivity index (χ0) is 11.0. The van der Waals surface area contributed by atoms with Crippen LogP contribution in [-0.4, -0.2) is 34.6 Å². The van der Waals surface area contributed by atoms with Gasteiger partial charge in [-0.25, -0.2) is 9.97 Å². The summed E-state index contributed by atoms with van der Waals surface area (Å²) in [6.45, 7) is 2.22. The van der Waals surface area contributed by atoms with Gasteiger partial charge in [0.25, 0.3) is 0 Å². The maximum atomic E-state index is 4.69. The first-order valence-corrected chi connectivity index (χ1v) is 7.65. The predicted molar refractivity (Wildman–Crippen MR) is 71.2 cm³/mol. The maximum Gasteiger partial charge on any atom is 0.135 e. The first-order chi connectivity index (χ1) is 7.83. The van der Waals surface area contributed by atoms with Gasteiger partial charge in [0.1, 0.15) is 16.2 Å². The molecule has 1 aliphatic carbocycles. The lowest BCUT2D eigenvalue weighted by Gasteiger charge is -2.27. The molecule has 0 unspecified atom stereocenters. The summed E-state index contributed by atoms with van der Waals surface area (Å²) in [4.78, 5) is 11.5.